The van der Waals surface area contributed by atoms with Gasteiger partial charge in [0.05, 0.1) is 16.4 Å². The molecule has 2 aromatic rings. The molecule has 0 aliphatic heterocycles. The zero-order valence-electron chi connectivity index (χ0n) is 12.0. The van der Waals surface area contributed by atoms with Crippen LogP contribution in [0.4, 0.5) is 11.6 Å². The molecule has 1 aliphatic carbocycles. The number of imidazole rings is 1. The summed E-state index contributed by atoms with van der Waals surface area (Å²) in [5.74, 6) is 0.905. The molecule has 4 heteroatoms. The Labute approximate surface area is 125 Å². The number of nitrogens with zero attached hydrogens (tertiary/aromatic N) is 2. The molecule has 3 nitrogen and oxygen atoms in total. The van der Waals surface area contributed by atoms with Crippen LogP contribution in [0.15, 0.2) is 24.4 Å². The summed E-state index contributed by atoms with van der Waals surface area (Å²) in [5, 5.41) is 4.13. The summed E-state index contributed by atoms with van der Waals surface area (Å²) in [4.78, 5) is 4.61. The van der Waals surface area contributed by atoms with Gasteiger partial charge in [-0.05, 0) is 44.4 Å². The predicted octanol–water partition coefficient (Wildman–Crippen LogP) is 5.01. The monoisotopic (exact) mass is 289 g/mol. The van der Waals surface area contributed by atoms with Gasteiger partial charge in [-0.25, -0.2) is 4.98 Å². The van der Waals surface area contributed by atoms with Crippen molar-refractivity contribution in [1.82, 2.24) is 9.55 Å². The number of hydrogen-bond donors (Lipinski definition) is 1. The standard InChI is InChI=1S/C16H20ClN3/c1-11-7-8-14(17)15(9-11)19-16-18-12(2)10-20(16)13-5-3-4-6-13/h7-10,13H,3-6H2,1-2H3,(H,18,19). The van der Waals surface area contributed by atoms with Crippen LogP contribution in [-0.2, 0) is 0 Å². The molecule has 1 fully saturated rings. The van der Waals surface area contributed by atoms with Crippen molar-refractivity contribution < 1.29 is 0 Å². The molecule has 1 saturated carbocycles. The lowest BCUT2D eigenvalue weighted by molar-refractivity contribution is 0.524. The maximum absolute atomic E-state index is 6.27. The van der Waals surface area contributed by atoms with Crippen LogP contribution in [0.5, 0.6) is 0 Å². The molecule has 0 atom stereocenters. The molecule has 1 aliphatic rings. The lowest BCUT2D eigenvalue weighted by Gasteiger charge is -2.16. The van der Waals surface area contributed by atoms with E-state index in [2.05, 4.69) is 34.1 Å². The summed E-state index contributed by atoms with van der Waals surface area (Å²) in [6.45, 7) is 4.10. The van der Waals surface area contributed by atoms with E-state index in [-0.39, 0.29) is 0 Å². The van der Waals surface area contributed by atoms with Gasteiger partial charge in [0, 0.05) is 12.2 Å². The van der Waals surface area contributed by atoms with E-state index in [1.165, 1.54) is 31.2 Å². The van der Waals surface area contributed by atoms with E-state index in [0.717, 1.165) is 22.4 Å². The number of hydrogen-bond acceptors (Lipinski definition) is 2. The highest BCUT2D eigenvalue weighted by Crippen LogP contribution is 2.34. The average molecular weight is 290 g/mol. The van der Waals surface area contributed by atoms with Crippen LogP contribution in [0, 0.1) is 13.8 Å². The normalized spacial score (nSPS) is 15.8. The van der Waals surface area contributed by atoms with E-state index < -0.39 is 0 Å². The molecular formula is C16H20ClN3. The van der Waals surface area contributed by atoms with Gasteiger partial charge in [-0.15, -0.1) is 0 Å². The smallest absolute Gasteiger partial charge is 0.207 e. The minimum Gasteiger partial charge on any atom is -0.324 e. The van der Waals surface area contributed by atoms with Crippen molar-refractivity contribution in [3.8, 4) is 0 Å². The van der Waals surface area contributed by atoms with Gasteiger partial charge in [-0.2, -0.15) is 0 Å². The number of rotatable bonds is 3. The van der Waals surface area contributed by atoms with E-state index in [1.807, 2.05) is 19.1 Å². The maximum atomic E-state index is 6.27. The Hall–Kier alpha value is -1.48. The van der Waals surface area contributed by atoms with Crippen molar-refractivity contribution in [1.29, 1.82) is 0 Å². The van der Waals surface area contributed by atoms with E-state index in [0.29, 0.717) is 6.04 Å². The fourth-order valence-corrected chi connectivity index (χ4v) is 3.09. The predicted molar refractivity (Wildman–Crippen MR) is 83.9 cm³/mol. The molecular weight excluding hydrogens is 270 g/mol. The molecule has 106 valence electrons. The molecule has 1 heterocycles. The highest BCUT2D eigenvalue weighted by Gasteiger charge is 2.20. The summed E-state index contributed by atoms with van der Waals surface area (Å²) in [7, 11) is 0. The van der Waals surface area contributed by atoms with Crippen LogP contribution in [0.1, 0.15) is 43.0 Å². The Morgan fingerprint density at radius 1 is 1.25 bits per heavy atom. The molecule has 0 spiro atoms. The Morgan fingerprint density at radius 3 is 2.75 bits per heavy atom. The van der Waals surface area contributed by atoms with Crippen LogP contribution in [-0.4, -0.2) is 9.55 Å². The lowest BCUT2D eigenvalue weighted by Crippen LogP contribution is -2.08. The van der Waals surface area contributed by atoms with Crippen molar-refractivity contribution in [2.75, 3.05) is 5.32 Å². The van der Waals surface area contributed by atoms with Crippen molar-refractivity contribution in [2.24, 2.45) is 0 Å². The molecule has 3 rings (SSSR count). The van der Waals surface area contributed by atoms with Crippen molar-refractivity contribution >= 4 is 23.2 Å². The quantitative estimate of drug-likeness (QED) is 0.860. The van der Waals surface area contributed by atoms with Crippen LogP contribution >= 0.6 is 11.6 Å². The van der Waals surface area contributed by atoms with Gasteiger partial charge >= 0.3 is 0 Å². The highest BCUT2D eigenvalue weighted by atomic mass is 35.5. The van der Waals surface area contributed by atoms with Gasteiger partial charge in [0.1, 0.15) is 0 Å². The van der Waals surface area contributed by atoms with Crippen molar-refractivity contribution in [2.45, 2.75) is 45.6 Å². The topological polar surface area (TPSA) is 29.9 Å². The van der Waals surface area contributed by atoms with Crippen molar-refractivity contribution in [3.63, 3.8) is 0 Å². The second-order valence-electron chi connectivity index (χ2n) is 5.66. The third-order valence-electron chi connectivity index (χ3n) is 3.94. The Balaban J connectivity index is 1.92. The summed E-state index contributed by atoms with van der Waals surface area (Å²) in [6, 6.07) is 6.57. The minimum atomic E-state index is 0.572. The fraction of sp³-hybridized carbons (Fsp3) is 0.438. The van der Waals surface area contributed by atoms with Crippen LogP contribution in [0.3, 0.4) is 0 Å². The summed E-state index contributed by atoms with van der Waals surface area (Å²) >= 11 is 6.27. The summed E-state index contributed by atoms with van der Waals surface area (Å²) < 4.78 is 2.28. The zero-order valence-corrected chi connectivity index (χ0v) is 12.7. The molecule has 0 radical (unpaired) electrons. The van der Waals surface area contributed by atoms with E-state index in [1.54, 1.807) is 0 Å². The molecule has 0 saturated heterocycles. The zero-order chi connectivity index (χ0) is 14.1. The first-order valence-electron chi connectivity index (χ1n) is 7.22. The molecule has 20 heavy (non-hydrogen) atoms. The minimum absolute atomic E-state index is 0.572. The first-order valence-corrected chi connectivity index (χ1v) is 7.60. The highest BCUT2D eigenvalue weighted by molar-refractivity contribution is 6.33. The molecule has 0 unspecified atom stereocenters. The van der Waals surface area contributed by atoms with Crippen LogP contribution in [0.2, 0.25) is 5.02 Å². The van der Waals surface area contributed by atoms with Gasteiger partial charge < -0.3 is 9.88 Å². The summed E-state index contributed by atoms with van der Waals surface area (Å²) in [5.41, 5.74) is 3.16. The number of aryl methyl sites for hydroxylation is 2. The third-order valence-corrected chi connectivity index (χ3v) is 4.27. The molecule has 0 bridgehead atoms. The van der Waals surface area contributed by atoms with Crippen LogP contribution < -0.4 is 5.32 Å². The second kappa shape index (κ2) is 5.49. The molecule has 0 amide bonds. The largest absolute Gasteiger partial charge is 0.324 e. The Morgan fingerprint density at radius 2 is 2.00 bits per heavy atom. The molecule has 1 aromatic carbocycles. The van der Waals surface area contributed by atoms with Gasteiger partial charge in [0.25, 0.3) is 0 Å². The fourth-order valence-electron chi connectivity index (χ4n) is 2.92. The lowest BCUT2D eigenvalue weighted by atomic mass is 10.2. The van der Waals surface area contributed by atoms with Gasteiger partial charge in [0.2, 0.25) is 5.95 Å². The number of nitrogens with one attached hydrogen (secondary N) is 1. The number of benzene rings is 1. The third kappa shape index (κ3) is 2.68. The second-order valence-corrected chi connectivity index (χ2v) is 6.07. The van der Waals surface area contributed by atoms with E-state index in [4.69, 9.17) is 11.6 Å². The Bertz CT molecular complexity index is 612. The SMILES string of the molecule is Cc1ccc(Cl)c(Nc2nc(C)cn2C2CCCC2)c1. The average Bonchev–Trinajstić information content (AvgIpc) is 3.03. The van der Waals surface area contributed by atoms with E-state index in [9.17, 15) is 0 Å². The van der Waals surface area contributed by atoms with Crippen molar-refractivity contribution in [3.05, 3.63) is 40.7 Å². The molecule has 1 N–H and O–H groups in total. The first-order chi connectivity index (χ1) is 9.63. The molecule has 1 aromatic heterocycles. The van der Waals surface area contributed by atoms with Gasteiger partial charge in [0.15, 0.2) is 0 Å². The first kappa shape index (κ1) is 13.5. The Kier molecular flexibility index (Phi) is 3.70. The number of anilines is 2. The van der Waals surface area contributed by atoms with E-state index >= 15 is 0 Å². The summed E-state index contributed by atoms with van der Waals surface area (Å²) in [6.07, 6.45) is 7.25. The van der Waals surface area contributed by atoms with Gasteiger partial charge in [-0.1, -0.05) is 30.5 Å². The van der Waals surface area contributed by atoms with Gasteiger partial charge in [-0.3, -0.25) is 0 Å². The maximum Gasteiger partial charge on any atom is 0.207 e. The number of aromatic nitrogens is 2. The number of halogens is 1. The van der Waals surface area contributed by atoms with Crippen LogP contribution in [0.25, 0.3) is 0 Å².